The number of rotatable bonds is 7. The summed E-state index contributed by atoms with van der Waals surface area (Å²) in [5.41, 5.74) is 12.2. The SMILES string of the molecule is c1ccc(-c2ccccc2N(c2ccc3c(c2)sc2c4ccc(N(c5ccccc5)c5ccc6oc7ccccc7c6c5)cc4c4ccccc4c32)c2cccc3c2oc2ccccc23)cc1. The molecule has 14 aromatic rings. The molecule has 11 aromatic carbocycles. The van der Waals surface area contributed by atoms with E-state index in [0.29, 0.717) is 0 Å². The van der Waals surface area contributed by atoms with E-state index in [2.05, 4.69) is 222 Å². The van der Waals surface area contributed by atoms with E-state index in [1.807, 2.05) is 29.5 Å². The Labute approximate surface area is 389 Å². The van der Waals surface area contributed by atoms with Gasteiger partial charge in [-0.2, -0.15) is 0 Å². The van der Waals surface area contributed by atoms with Gasteiger partial charge in [0.25, 0.3) is 0 Å². The molecular formula is C62H38N2O2S. The smallest absolute Gasteiger partial charge is 0.159 e. The zero-order valence-corrected chi connectivity index (χ0v) is 36.9. The molecule has 14 rings (SSSR count). The minimum Gasteiger partial charge on any atom is -0.456 e. The molecule has 0 N–H and O–H groups in total. The van der Waals surface area contributed by atoms with Crippen LogP contribution in [0.15, 0.2) is 239 Å². The molecule has 0 amide bonds. The van der Waals surface area contributed by atoms with Crippen LogP contribution in [0.25, 0.3) is 96.7 Å². The monoisotopic (exact) mass is 874 g/mol. The maximum Gasteiger partial charge on any atom is 0.159 e. The molecule has 0 saturated carbocycles. The quantitative estimate of drug-likeness (QED) is 0.149. The van der Waals surface area contributed by atoms with Gasteiger partial charge in [0, 0.05) is 75.4 Å². The molecule has 0 aliphatic carbocycles. The van der Waals surface area contributed by atoms with Crippen LogP contribution >= 0.6 is 11.3 Å². The van der Waals surface area contributed by atoms with Crippen molar-refractivity contribution in [3.05, 3.63) is 231 Å². The van der Waals surface area contributed by atoms with Gasteiger partial charge < -0.3 is 18.6 Å². The second kappa shape index (κ2) is 15.0. The molecule has 0 atom stereocenters. The van der Waals surface area contributed by atoms with Crippen molar-refractivity contribution in [3.8, 4) is 11.1 Å². The summed E-state index contributed by atoms with van der Waals surface area (Å²) in [6.45, 7) is 0. The molecule has 4 nitrogen and oxygen atoms in total. The van der Waals surface area contributed by atoms with Crippen molar-refractivity contribution in [3.63, 3.8) is 0 Å². The highest BCUT2D eigenvalue weighted by molar-refractivity contribution is 7.27. The second-order valence-electron chi connectivity index (χ2n) is 17.2. The van der Waals surface area contributed by atoms with Gasteiger partial charge in [0.2, 0.25) is 0 Å². The molecule has 5 heteroatoms. The van der Waals surface area contributed by atoms with Crippen LogP contribution in [0.5, 0.6) is 0 Å². The van der Waals surface area contributed by atoms with E-state index in [0.717, 1.165) is 89.1 Å². The average Bonchev–Trinajstić information content (AvgIpc) is 4.09. The van der Waals surface area contributed by atoms with Crippen molar-refractivity contribution in [1.82, 2.24) is 0 Å². The minimum atomic E-state index is 0.860. The van der Waals surface area contributed by atoms with E-state index in [1.165, 1.54) is 41.7 Å². The van der Waals surface area contributed by atoms with E-state index in [9.17, 15) is 0 Å². The molecule has 0 fully saturated rings. The molecule has 0 unspecified atom stereocenters. The van der Waals surface area contributed by atoms with E-state index >= 15 is 0 Å². The minimum absolute atomic E-state index is 0.860. The van der Waals surface area contributed by atoms with Gasteiger partial charge in [-0.15, -0.1) is 11.3 Å². The predicted molar refractivity (Wildman–Crippen MR) is 284 cm³/mol. The number of para-hydroxylation sites is 5. The Balaban J connectivity index is 0.981. The number of furan rings is 2. The molecule has 314 valence electrons. The Morgan fingerprint density at radius 2 is 0.881 bits per heavy atom. The molecule has 0 aliphatic heterocycles. The largest absolute Gasteiger partial charge is 0.456 e. The van der Waals surface area contributed by atoms with Crippen LogP contribution in [0.2, 0.25) is 0 Å². The fourth-order valence-corrected chi connectivity index (χ4v) is 11.7. The van der Waals surface area contributed by atoms with Crippen LogP contribution in [-0.4, -0.2) is 0 Å². The van der Waals surface area contributed by atoms with Crippen molar-refractivity contribution in [2.45, 2.75) is 0 Å². The fourth-order valence-electron chi connectivity index (χ4n) is 10.4. The standard InChI is InChI=1S/C62H38N2O2S/c1-3-16-39(17-4-1)44-20-9-12-26-54(44)64(55-27-15-25-49-46-22-10-14-29-57(46)66-61(49)55)43-31-34-51-59(38-43)67-62-50-33-30-41(36-52(50)45-21-7-8-24-48(45)60(51)62)63(40-18-5-2-6-19-40)42-32-35-58-53(37-42)47-23-11-13-28-56(47)65-58/h1-38H. The lowest BCUT2D eigenvalue weighted by Gasteiger charge is -2.28. The number of thiophene rings is 1. The third-order valence-corrected chi connectivity index (χ3v) is 14.6. The number of hydrogen-bond acceptors (Lipinski definition) is 5. The van der Waals surface area contributed by atoms with Crippen LogP contribution in [-0.2, 0) is 0 Å². The van der Waals surface area contributed by atoms with Gasteiger partial charge in [-0.1, -0.05) is 152 Å². The lowest BCUT2D eigenvalue weighted by molar-refractivity contribution is 0.668. The van der Waals surface area contributed by atoms with Gasteiger partial charge in [-0.3, -0.25) is 0 Å². The van der Waals surface area contributed by atoms with Crippen LogP contribution in [0, 0.1) is 0 Å². The summed E-state index contributed by atoms with van der Waals surface area (Å²) in [5.74, 6) is 0. The highest BCUT2D eigenvalue weighted by atomic mass is 32.1. The Bertz CT molecular complexity index is 4240. The first-order chi connectivity index (χ1) is 33.2. The van der Waals surface area contributed by atoms with Crippen LogP contribution in [0.4, 0.5) is 34.1 Å². The third kappa shape index (κ3) is 5.92. The van der Waals surface area contributed by atoms with E-state index in [4.69, 9.17) is 8.83 Å². The molecular weight excluding hydrogens is 837 g/mol. The van der Waals surface area contributed by atoms with E-state index < -0.39 is 0 Å². The van der Waals surface area contributed by atoms with Gasteiger partial charge in [0.05, 0.1) is 11.4 Å². The first kappa shape index (κ1) is 37.7. The van der Waals surface area contributed by atoms with E-state index in [1.54, 1.807) is 0 Å². The summed E-state index contributed by atoms with van der Waals surface area (Å²) >= 11 is 1.87. The number of benzene rings is 11. The highest BCUT2D eigenvalue weighted by Gasteiger charge is 2.24. The highest BCUT2D eigenvalue weighted by Crippen LogP contribution is 2.50. The topological polar surface area (TPSA) is 32.8 Å². The first-order valence-electron chi connectivity index (χ1n) is 22.7. The lowest BCUT2D eigenvalue weighted by Crippen LogP contribution is -2.11. The van der Waals surface area contributed by atoms with Crippen molar-refractivity contribution >= 4 is 131 Å². The van der Waals surface area contributed by atoms with Crippen LogP contribution < -0.4 is 9.80 Å². The Morgan fingerprint density at radius 1 is 0.313 bits per heavy atom. The Hall–Kier alpha value is -8.64. The van der Waals surface area contributed by atoms with Crippen LogP contribution in [0.3, 0.4) is 0 Å². The summed E-state index contributed by atoms with van der Waals surface area (Å²) in [5, 5.41) is 11.9. The average molecular weight is 875 g/mol. The zero-order valence-electron chi connectivity index (χ0n) is 36.1. The number of fused-ring (bicyclic) bond motifs is 14. The summed E-state index contributed by atoms with van der Waals surface area (Å²) < 4.78 is 15.5. The van der Waals surface area contributed by atoms with Crippen molar-refractivity contribution in [2.24, 2.45) is 0 Å². The van der Waals surface area contributed by atoms with Gasteiger partial charge in [-0.05, 0) is 101 Å². The Morgan fingerprint density at radius 3 is 1.69 bits per heavy atom. The summed E-state index contributed by atoms with van der Waals surface area (Å²) in [4.78, 5) is 4.75. The predicted octanol–water partition coefficient (Wildman–Crippen LogP) is 18.8. The van der Waals surface area contributed by atoms with Crippen molar-refractivity contribution in [1.29, 1.82) is 0 Å². The third-order valence-electron chi connectivity index (χ3n) is 13.4. The Kier molecular flexibility index (Phi) is 8.42. The number of anilines is 6. The van der Waals surface area contributed by atoms with Crippen LogP contribution in [0.1, 0.15) is 0 Å². The molecule has 0 aliphatic rings. The molecule has 0 saturated heterocycles. The summed E-state index contributed by atoms with van der Waals surface area (Å²) in [6.07, 6.45) is 0. The number of hydrogen-bond donors (Lipinski definition) is 0. The lowest BCUT2D eigenvalue weighted by atomic mass is 9.96. The van der Waals surface area contributed by atoms with Gasteiger partial charge in [-0.25, -0.2) is 0 Å². The number of nitrogens with zero attached hydrogens (tertiary/aromatic N) is 2. The van der Waals surface area contributed by atoms with Gasteiger partial charge in [0.15, 0.2) is 5.58 Å². The first-order valence-corrected chi connectivity index (χ1v) is 23.5. The maximum absolute atomic E-state index is 6.75. The molecule has 0 radical (unpaired) electrons. The molecule has 0 bridgehead atoms. The fraction of sp³-hybridized carbons (Fsp3) is 0. The summed E-state index contributed by atoms with van der Waals surface area (Å²) in [6, 6.07) is 82.6. The molecule has 0 spiro atoms. The normalized spacial score (nSPS) is 11.9. The second-order valence-corrected chi connectivity index (χ2v) is 18.2. The summed E-state index contributed by atoms with van der Waals surface area (Å²) in [7, 11) is 0. The van der Waals surface area contributed by atoms with E-state index in [-0.39, 0.29) is 0 Å². The van der Waals surface area contributed by atoms with Crippen molar-refractivity contribution in [2.75, 3.05) is 9.80 Å². The van der Waals surface area contributed by atoms with Gasteiger partial charge in [0.1, 0.15) is 16.7 Å². The zero-order chi connectivity index (χ0) is 44.0. The molecule has 3 heterocycles. The van der Waals surface area contributed by atoms with Gasteiger partial charge >= 0.3 is 0 Å². The maximum atomic E-state index is 6.75. The van der Waals surface area contributed by atoms with Crippen molar-refractivity contribution < 1.29 is 8.83 Å². The molecule has 67 heavy (non-hydrogen) atoms. The molecule has 3 aromatic heterocycles.